The zero-order valence-electron chi connectivity index (χ0n) is 6.18. The first-order valence-corrected chi connectivity index (χ1v) is 3.15. The number of amides is 3. The van der Waals surface area contributed by atoms with Crippen molar-refractivity contribution in [2.75, 3.05) is 6.54 Å². The van der Waals surface area contributed by atoms with Gasteiger partial charge < -0.3 is 5.32 Å². The fraction of sp³-hybridized carbons (Fsp3) is 0.667. The Labute approximate surface area is 60.0 Å². The molecular formula is C6H12N2O2. The molecule has 0 aliphatic carbocycles. The molecule has 4 heteroatoms. The van der Waals surface area contributed by atoms with Gasteiger partial charge in [0.05, 0.1) is 0 Å². The largest absolute Gasteiger partial charge is 0.338 e. The van der Waals surface area contributed by atoms with E-state index in [2.05, 4.69) is 5.32 Å². The Hall–Kier alpha value is -1.06. The number of hydrogen-bond acceptors (Lipinski definition) is 2. The summed E-state index contributed by atoms with van der Waals surface area (Å²) in [6.07, 6.45) is 0.357. The molecule has 4 nitrogen and oxygen atoms in total. The van der Waals surface area contributed by atoms with Crippen molar-refractivity contribution < 1.29 is 9.59 Å². The number of rotatable bonds is 3. The van der Waals surface area contributed by atoms with Gasteiger partial charge in [0.25, 0.3) is 0 Å². The van der Waals surface area contributed by atoms with Crippen molar-refractivity contribution in [1.29, 1.82) is 0 Å². The van der Waals surface area contributed by atoms with E-state index in [4.69, 9.17) is 0 Å². The first-order valence-electron chi connectivity index (χ1n) is 3.15. The second-order valence-electron chi connectivity index (χ2n) is 2.37. The van der Waals surface area contributed by atoms with Gasteiger partial charge in [-0.1, -0.05) is 13.8 Å². The highest BCUT2D eigenvalue weighted by atomic mass is 16.2. The summed E-state index contributed by atoms with van der Waals surface area (Å²) in [5, 5.41) is 4.47. The Morgan fingerprint density at radius 1 is 1.60 bits per heavy atom. The summed E-state index contributed by atoms with van der Waals surface area (Å²) in [4.78, 5) is 20.2. The lowest BCUT2D eigenvalue weighted by atomic mass is 10.2. The van der Waals surface area contributed by atoms with Crippen LogP contribution >= 0.6 is 0 Å². The van der Waals surface area contributed by atoms with Crippen LogP contribution in [0.15, 0.2) is 0 Å². The van der Waals surface area contributed by atoms with Crippen molar-refractivity contribution in [1.82, 2.24) is 10.6 Å². The predicted molar refractivity (Wildman–Crippen MR) is 37.4 cm³/mol. The maximum atomic E-state index is 10.5. The van der Waals surface area contributed by atoms with Gasteiger partial charge in [-0.2, -0.15) is 0 Å². The molecular weight excluding hydrogens is 132 g/mol. The van der Waals surface area contributed by atoms with E-state index in [9.17, 15) is 9.59 Å². The van der Waals surface area contributed by atoms with E-state index >= 15 is 0 Å². The molecule has 0 bridgehead atoms. The Balaban J connectivity index is 3.30. The third-order valence-corrected chi connectivity index (χ3v) is 0.861. The lowest BCUT2D eigenvalue weighted by molar-refractivity contribution is -0.108. The lowest BCUT2D eigenvalue weighted by Gasteiger charge is -2.04. The van der Waals surface area contributed by atoms with Gasteiger partial charge in [0.2, 0.25) is 6.41 Å². The van der Waals surface area contributed by atoms with E-state index < -0.39 is 6.03 Å². The van der Waals surface area contributed by atoms with Crippen molar-refractivity contribution >= 4 is 12.4 Å². The van der Waals surface area contributed by atoms with Crippen LogP contribution in [0.4, 0.5) is 4.79 Å². The van der Waals surface area contributed by atoms with Gasteiger partial charge in [0.1, 0.15) is 0 Å². The Bertz CT molecular complexity index is 123. The van der Waals surface area contributed by atoms with Gasteiger partial charge in [-0.15, -0.1) is 0 Å². The average Bonchev–Trinajstić information content (AvgIpc) is 1.85. The number of imide groups is 1. The molecule has 0 atom stereocenters. The van der Waals surface area contributed by atoms with Crippen molar-refractivity contribution in [2.24, 2.45) is 5.92 Å². The maximum absolute atomic E-state index is 10.5. The third kappa shape index (κ3) is 5.08. The van der Waals surface area contributed by atoms with Crippen LogP contribution in [0.25, 0.3) is 0 Å². The fourth-order valence-corrected chi connectivity index (χ4v) is 0.401. The first kappa shape index (κ1) is 8.94. The number of carbonyl (C=O) groups is 2. The number of carbonyl (C=O) groups excluding carboxylic acids is 2. The van der Waals surface area contributed by atoms with Crippen LogP contribution < -0.4 is 10.6 Å². The van der Waals surface area contributed by atoms with Crippen molar-refractivity contribution in [3.05, 3.63) is 0 Å². The molecule has 10 heavy (non-hydrogen) atoms. The maximum Gasteiger partial charge on any atom is 0.321 e. The summed E-state index contributed by atoms with van der Waals surface area (Å²) in [5.41, 5.74) is 0. The Kier molecular flexibility index (Phi) is 4.28. The molecule has 0 rings (SSSR count). The predicted octanol–water partition coefficient (Wildman–Crippen LogP) is 0.0980. The van der Waals surface area contributed by atoms with Gasteiger partial charge in [-0.3, -0.25) is 10.1 Å². The number of nitrogens with one attached hydrogen (secondary N) is 2. The standard InChI is InChI=1S/C6H12N2O2/c1-5(2)3-7-6(10)8-4-9/h4-5H,3H2,1-2H3,(H2,7,8,9,10). The highest BCUT2D eigenvalue weighted by Gasteiger charge is 1.97. The SMILES string of the molecule is CC(C)CNC(=O)NC=O. The van der Waals surface area contributed by atoms with Crippen molar-refractivity contribution in [3.63, 3.8) is 0 Å². The van der Waals surface area contributed by atoms with Crippen molar-refractivity contribution in [3.8, 4) is 0 Å². The molecule has 58 valence electrons. The minimum absolute atomic E-state index is 0.357. The topological polar surface area (TPSA) is 58.2 Å². The Morgan fingerprint density at radius 3 is 2.60 bits per heavy atom. The third-order valence-electron chi connectivity index (χ3n) is 0.861. The highest BCUT2D eigenvalue weighted by molar-refractivity contribution is 5.84. The summed E-state index contributed by atoms with van der Waals surface area (Å²) in [7, 11) is 0. The highest BCUT2D eigenvalue weighted by Crippen LogP contribution is 1.85. The molecule has 0 heterocycles. The molecule has 0 aliphatic heterocycles. The minimum atomic E-state index is -0.441. The summed E-state index contributed by atoms with van der Waals surface area (Å²) in [5.74, 6) is 0.400. The second-order valence-corrected chi connectivity index (χ2v) is 2.37. The Morgan fingerprint density at radius 2 is 2.20 bits per heavy atom. The first-order chi connectivity index (χ1) is 4.66. The van der Waals surface area contributed by atoms with Crippen LogP contribution in [-0.4, -0.2) is 19.0 Å². The average molecular weight is 144 g/mol. The van der Waals surface area contributed by atoms with E-state index in [-0.39, 0.29) is 0 Å². The quantitative estimate of drug-likeness (QED) is 0.552. The minimum Gasteiger partial charge on any atom is -0.338 e. The summed E-state index contributed by atoms with van der Waals surface area (Å²) >= 11 is 0. The van der Waals surface area contributed by atoms with Crippen LogP contribution in [0.2, 0.25) is 0 Å². The molecule has 0 fully saturated rings. The van der Waals surface area contributed by atoms with Gasteiger partial charge in [-0.25, -0.2) is 4.79 Å². The molecule has 0 aliphatic rings. The molecule has 0 aromatic heterocycles. The lowest BCUT2D eigenvalue weighted by Crippen LogP contribution is -2.36. The molecule has 3 amide bonds. The van der Waals surface area contributed by atoms with Crippen LogP contribution in [0.5, 0.6) is 0 Å². The smallest absolute Gasteiger partial charge is 0.321 e. The van der Waals surface area contributed by atoms with Gasteiger partial charge in [0, 0.05) is 6.54 Å². The van der Waals surface area contributed by atoms with E-state index in [1.54, 1.807) is 0 Å². The van der Waals surface area contributed by atoms with Crippen molar-refractivity contribution in [2.45, 2.75) is 13.8 Å². The van der Waals surface area contributed by atoms with Crippen LogP contribution in [0, 0.1) is 5.92 Å². The molecule has 0 spiro atoms. The molecule has 0 saturated heterocycles. The molecule has 0 unspecified atom stereocenters. The molecule has 0 aromatic carbocycles. The van der Waals surface area contributed by atoms with E-state index in [1.165, 1.54) is 0 Å². The van der Waals surface area contributed by atoms with Crippen LogP contribution in [0.3, 0.4) is 0 Å². The molecule has 0 radical (unpaired) electrons. The number of urea groups is 1. The van der Waals surface area contributed by atoms with Gasteiger partial charge in [0.15, 0.2) is 0 Å². The summed E-state index contributed by atoms with van der Waals surface area (Å²) < 4.78 is 0. The zero-order chi connectivity index (χ0) is 7.98. The molecule has 2 N–H and O–H groups in total. The van der Waals surface area contributed by atoms with E-state index in [0.717, 1.165) is 0 Å². The van der Waals surface area contributed by atoms with Crippen LogP contribution in [0.1, 0.15) is 13.8 Å². The fourth-order valence-electron chi connectivity index (χ4n) is 0.401. The zero-order valence-corrected chi connectivity index (χ0v) is 6.18. The monoisotopic (exact) mass is 144 g/mol. The van der Waals surface area contributed by atoms with E-state index in [1.807, 2.05) is 19.2 Å². The summed E-state index contributed by atoms with van der Waals surface area (Å²) in [6, 6.07) is -0.441. The molecule has 0 saturated carbocycles. The molecule has 0 aromatic rings. The normalized spacial score (nSPS) is 9.10. The second kappa shape index (κ2) is 4.78. The van der Waals surface area contributed by atoms with Gasteiger partial charge >= 0.3 is 6.03 Å². The van der Waals surface area contributed by atoms with Gasteiger partial charge in [-0.05, 0) is 5.92 Å². The number of hydrogen-bond donors (Lipinski definition) is 2. The van der Waals surface area contributed by atoms with E-state index in [0.29, 0.717) is 18.9 Å². The summed E-state index contributed by atoms with van der Waals surface area (Å²) in [6.45, 7) is 4.53. The van der Waals surface area contributed by atoms with Crippen LogP contribution in [-0.2, 0) is 4.79 Å².